The molecule has 0 saturated carbocycles. The summed E-state index contributed by atoms with van der Waals surface area (Å²) in [6, 6.07) is 20.8. The normalized spacial score (nSPS) is 13.1. The van der Waals surface area contributed by atoms with Crippen LogP contribution >= 0.6 is 15.9 Å². The molecule has 0 radical (unpaired) electrons. The molecule has 0 N–H and O–H groups in total. The zero-order valence-corrected chi connectivity index (χ0v) is 17.5. The van der Waals surface area contributed by atoms with Crippen molar-refractivity contribution in [1.29, 1.82) is 0 Å². The van der Waals surface area contributed by atoms with Crippen LogP contribution in [0.2, 0.25) is 0 Å². The van der Waals surface area contributed by atoms with Crippen molar-refractivity contribution in [3.63, 3.8) is 0 Å². The number of para-hydroxylation sites is 1. The lowest BCUT2D eigenvalue weighted by molar-refractivity contribution is 0.171. The van der Waals surface area contributed by atoms with Gasteiger partial charge in [0, 0.05) is 4.47 Å². The number of halogens is 1. The molecule has 148 valence electrons. The quantitative estimate of drug-likeness (QED) is 0.427. The number of hydrogen-bond donors (Lipinski definition) is 0. The fourth-order valence-corrected chi connectivity index (χ4v) is 3.70. The lowest BCUT2D eigenvalue weighted by Gasteiger charge is -2.18. The zero-order valence-electron chi connectivity index (χ0n) is 15.9. The second-order valence-corrected chi connectivity index (χ2v) is 7.76. The Labute approximate surface area is 181 Å². The second-order valence-electron chi connectivity index (χ2n) is 6.84. The van der Waals surface area contributed by atoms with Gasteiger partial charge < -0.3 is 9.47 Å². The van der Waals surface area contributed by atoms with E-state index < -0.39 is 0 Å². The summed E-state index contributed by atoms with van der Waals surface area (Å²) >= 11 is 3.45. The van der Waals surface area contributed by atoms with Crippen molar-refractivity contribution in [3.8, 4) is 17.2 Å². The topological polar surface area (TPSA) is 53.4 Å². The third kappa shape index (κ3) is 3.50. The Morgan fingerprint density at radius 1 is 0.900 bits per heavy atom. The third-order valence-electron chi connectivity index (χ3n) is 4.88. The number of nitrogens with zero attached hydrogens (tertiary/aromatic N) is 2. The minimum atomic E-state index is -0.107. The van der Waals surface area contributed by atoms with Gasteiger partial charge in [0.1, 0.15) is 19.0 Å². The first-order valence-corrected chi connectivity index (χ1v) is 10.3. The van der Waals surface area contributed by atoms with Crippen LogP contribution in [0.25, 0.3) is 28.7 Å². The van der Waals surface area contributed by atoms with Crippen molar-refractivity contribution in [2.45, 2.75) is 0 Å². The number of ether oxygens (including phenoxy) is 2. The third-order valence-corrected chi connectivity index (χ3v) is 5.41. The summed E-state index contributed by atoms with van der Waals surface area (Å²) in [4.78, 5) is 18.0. The van der Waals surface area contributed by atoms with E-state index in [9.17, 15) is 4.79 Å². The van der Waals surface area contributed by atoms with Crippen LogP contribution < -0.4 is 15.0 Å². The zero-order chi connectivity index (χ0) is 20.5. The molecule has 30 heavy (non-hydrogen) atoms. The van der Waals surface area contributed by atoms with Crippen LogP contribution in [0, 0.1) is 0 Å². The first kappa shape index (κ1) is 18.6. The van der Waals surface area contributed by atoms with Crippen molar-refractivity contribution in [2.75, 3.05) is 13.2 Å². The van der Waals surface area contributed by atoms with Gasteiger partial charge in [0.15, 0.2) is 11.5 Å². The van der Waals surface area contributed by atoms with Gasteiger partial charge in [-0.25, -0.2) is 4.98 Å². The van der Waals surface area contributed by atoms with E-state index in [-0.39, 0.29) is 5.56 Å². The molecule has 0 atom stereocenters. The molecule has 3 aromatic carbocycles. The lowest BCUT2D eigenvalue weighted by atomic mass is 10.1. The highest BCUT2D eigenvalue weighted by atomic mass is 79.9. The number of rotatable bonds is 3. The Morgan fingerprint density at radius 2 is 1.67 bits per heavy atom. The molecule has 1 aromatic heterocycles. The maximum atomic E-state index is 13.3. The molecule has 5 rings (SSSR count). The Kier molecular flexibility index (Phi) is 4.85. The molecule has 1 aliphatic heterocycles. The molecule has 0 fully saturated rings. The molecular formula is C24H17BrN2O3. The average molecular weight is 461 g/mol. The van der Waals surface area contributed by atoms with E-state index in [0.717, 1.165) is 27.2 Å². The van der Waals surface area contributed by atoms with Gasteiger partial charge in [0.25, 0.3) is 5.56 Å². The van der Waals surface area contributed by atoms with Gasteiger partial charge in [-0.2, -0.15) is 0 Å². The molecule has 1 aliphatic rings. The van der Waals surface area contributed by atoms with E-state index >= 15 is 0 Å². The van der Waals surface area contributed by atoms with Crippen molar-refractivity contribution >= 4 is 39.0 Å². The summed E-state index contributed by atoms with van der Waals surface area (Å²) in [7, 11) is 0. The van der Waals surface area contributed by atoms with Crippen LogP contribution in [-0.4, -0.2) is 22.8 Å². The fraction of sp³-hybridized carbons (Fsp3) is 0.0833. The first-order valence-electron chi connectivity index (χ1n) is 9.54. The van der Waals surface area contributed by atoms with Crippen molar-refractivity contribution < 1.29 is 9.47 Å². The molecule has 5 nitrogen and oxygen atoms in total. The highest BCUT2D eigenvalue weighted by Gasteiger charge is 2.13. The van der Waals surface area contributed by atoms with Gasteiger partial charge in [-0.15, -0.1) is 0 Å². The Balaban J connectivity index is 1.64. The first-order chi connectivity index (χ1) is 14.7. The Hall–Kier alpha value is -3.38. The van der Waals surface area contributed by atoms with E-state index in [2.05, 4.69) is 15.9 Å². The summed E-state index contributed by atoms with van der Waals surface area (Å²) in [5.41, 5.74) is 2.25. The molecule has 2 heterocycles. The molecule has 0 saturated heterocycles. The summed E-state index contributed by atoms with van der Waals surface area (Å²) in [6.07, 6.45) is 3.77. The van der Waals surface area contributed by atoms with Crippen LogP contribution in [0.5, 0.6) is 11.5 Å². The number of hydrogen-bond acceptors (Lipinski definition) is 4. The molecule has 0 unspecified atom stereocenters. The molecule has 6 heteroatoms. The molecule has 0 spiro atoms. The largest absolute Gasteiger partial charge is 0.486 e. The van der Waals surface area contributed by atoms with Crippen molar-refractivity contribution in [2.24, 2.45) is 0 Å². The maximum absolute atomic E-state index is 13.3. The van der Waals surface area contributed by atoms with Crippen LogP contribution in [0.4, 0.5) is 0 Å². The minimum Gasteiger partial charge on any atom is -0.486 e. The molecular weight excluding hydrogens is 444 g/mol. The summed E-state index contributed by atoms with van der Waals surface area (Å²) in [5.74, 6) is 2.02. The van der Waals surface area contributed by atoms with E-state index in [0.29, 0.717) is 29.9 Å². The van der Waals surface area contributed by atoms with Gasteiger partial charge >= 0.3 is 0 Å². The maximum Gasteiger partial charge on any atom is 0.266 e. The predicted octanol–water partition coefficient (Wildman–Crippen LogP) is 5.09. The lowest BCUT2D eigenvalue weighted by Crippen LogP contribution is -2.22. The molecule has 0 amide bonds. The van der Waals surface area contributed by atoms with Crippen molar-refractivity contribution in [1.82, 2.24) is 9.55 Å². The molecule has 0 bridgehead atoms. The summed E-state index contributed by atoms with van der Waals surface area (Å²) in [5, 5.41) is 0.580. The Morgan fingerprint density at radius 3 is 2.50 bits per heavy atom. The monoisotopic (exact) mass is 460 g/mol. The average Bonchev–Trinajstić information content (AvgIpc) is 2.78. The van der Waals surface area contributed by atoms with Crippen LogP contribution in [-0.2, 0) is 0 Å². The van der Waals surface area contributed by atoms with E-state index in [4.69, 9.17) is 14.5 Å². The molecule has 4 aromatic rings. The van der Waals surface area contributed by atoms with Crippen LogP contribution in [0.3, 0.4) is 0 Å². The van der Waals surface area contributed by atoms with Gasteiger partial charge in [0.05, 0.1) is 16.6 Å². The standard InChI is InChI=1S/C24H17BrN2O3/c25-17-7-9-18(10-8-17)27-23(26-20-4-2-1-3-19(20)24(27)28)12-6-16-5-11-21-22(15-16)30-14-13-29-21/h1-12,15H,13-14H2. The van der Waals surface area contributed by atoms with Gasteiger partial charge in [-0.3, -0.25) is 9.36 Å². The predicted molar refractivity (Wildman–Crippen MR) is 121 cm³/mol. The van der Waals surface area contributed by atoms with E-state index in [1.807, 2.05) is 72.8 Å². The number of benzene rings is 3. The van der Waals surface area contributed by atoms with Crippen molar-refractivity contribution in [3.05, 3.63) is 92.9 Å². The summed E-state index contributed by atoms with van der Waals surface area (Å²) in [6.45, 7) is 1.10. The van der Waals surface area contributed by atoms with Gasteiger partial charge in [-0.1, -0.05) is 40.2 Å². The minimum absolute atomic E-state index is 0.107. The van der Waals surface area contributed by atoms with E-state index in [1.165, 1.54) is 0 Å². The van der Waals surface area contributed by atoms with Gasteiger partial charge in [0.2, 0.25) is 0 Å². The highest BCUT2D eigenvalue weighted by molar-refractivity contribution is 9.10. The smallest absolute Gasteiger partial charge is 0.266 e. The van der Waals surface area contributed by atoms with E-state index in [1.54, 1.807) is 10.6 Å². The number of aromatic nitrogens is 2. The SMILES string of the molecule is O=c1c2ccccc2nc(C=Cc2ccc3c(c2)OCCO3)n1-c1ccc(Br)cc1. The highest BCUT2D eigenvalue weighted by Crippen LogP contribution is 2.31. The second kappa shape index (κ2) is 7.80. The number of fused-ring (bicyclic) bond motifs is 2. The van der Waals surface area contributed by atoms with Crippen LogP contribution in [0.15, 0.2) is 76.0 Å². The van der Waals surface area contributed by atoms with Gasteiger partial charge in [-0.05, 0) is 60.2 Å². The molecule has 0 aliphatic carbocycles. The Bertz CT molecular complexity index is 1330. The fourth-order valence-electron chi connectivity index (χ4n) is 3.44. The van der Waals surface area contributed by atoms with Crippen LogP contribution in [0.1, 0.15) is 11.4 Å². The summed E-state index contributed by atoms with van der Waals surface area (Å²) < 4.78 is 13.8.